The smallest absolute Gasteiger partial charge is 0.139 e. The van der Waals surface area contributed by atoms with Gasteiger partial charge >= 0.3 is 0 Å². The Balaban J connectivity index is 1.85. The second-order valence-electron chi connectivity index (χ2n) is 5.85. The fraction of sp³-hybridized carbons (Fsp3) is 0.100. The molecule has 0 saturated heterocycles. The van der Waals surface area contributed by atoms with E-state index in [4.69, 9.17) is 10.3 Å². The molecule has 0 bridgehead atoms. The van der Waals surface area contributed by atoms with E-state index in [0.717, 1.165) is 21.8 Å². The highest BCUT2D eigenvalue weighted by molar-refractivity contribution is 7.10. The number of rotatable bonds is 3. The normalized spacial score (nSPS) is 19.1. The Morgan fingerprint density at radius 3 is 2.68 bits per heavy atom. The number of amidine groups is 1. The Labute approximate surface area is 149 Å². The SMILES string of the molecule is N#Cc1cccc(C2=NC(c3ccc(F)cc3)(c3cccs3)CN2)c1. The summed E-state index contributed by atoms with van der Waals surface area (Å²) < 4.78 is 13.4. The molecule has 1 aliphatic rings. The van der Waals surface area contributed by atoms with Gasteiger partial charge in [-0.1, -0.05) is 30.3 Å². The number of thiophene rings is 1. The molecule has 3 aromatic rings. The van der Waals surface area contributed by atoms with Gasteiger partial charge in [-0.3, -0.25) is 0 Å². The maximum Gasteiger partial charge on any atom is 0.139 e. The van der Waals surface area contributed by atoms with Crippen LogP contribution in [0.15, 0.2) is 71.0 Å². The molecule has 2 heterocycles. The molecule has 0 amide bonds. The van der Waals surface area contributed by atoms with Gasteiger partial charge in [-0.2, -0.15) is 5.26 Å². The number of nitrogens with zero attached hydrogens (tertiary/aromatic N) is 2. The minimum atomic E-state index is -0.583. The van der Waals surface area contributed by atoms with Gasteiger partial charge < -0.3 is 5.32 Å². The fourth-order valence-electron chi connectivity index (χ4n) is 3.07. The van der Waals surface area contributed by atoms with E-state index >= 15 is 0 Å². The first-order valence-corrected chi connectivity index (χ1v) is 8.73. The van der Waals surface area contributed by atoms with Crippen LogP contribution < -0.4 is 5.32 Å². The van der Waals surface area contributed by atoms with E-state index in [1.807, 2.05) is 35.7 Å². The molecule has 1 aromatic heterocycles. The second kappa shape index (κ2) is 6.15. The highest BCUT2D eigenvalue weighted by atomic mass is 32.1. The summed E-state index contributed by atoms with van der Waals surface area (Å²) in [6, 6.07) is 20.1. The molecule has 0 radical (unpaired) electrons. The Morgan fingerprint density at radius 1 is 1.12 bits per heavy atom. The van der Waals surface area contributed by atoms with E-state index in [1.165, 1.54) is 12.1 Å². The highest BCUT2D eigenvalue weighted by Crippen LogP contribution is 2.39. The van der Waals surface area contributed by atoms with Crippen molar-refractivity contribution < 1.29 is 4.39 Å². The molecule has 0 fully saturated rings. The zero-order chi connectivity index (χ0) is 17.3. The van der Waals surface area contributed by atoms with Crippen LogP contribution in [-0.4, -0.2) is 12.4 Å². The molecule has 2 aromatic carbocycles. The molecule has 0 saturated carbocycles. The summed E-state index contributed by atoms with van der Waals surface area (Å²) in [4.78, 5) is 6.09. The summed E-state index contributed by atoms with van der Waals surface area (Å²) in [5.41, 5.74) is 1.83. The van der Waals surface area contributed by atoms with Gasteiger partial charge in [-0.05, 0) is 41.3 Å². The molecule has 122 valence electrons. The first kappa shape index (κ1) is 15.6. The summed E-state index contributed by atoms with van der Waals surface area (Å²) in [6.45, 7) is 0.589. The zero-order valence-electron chi connectivity index (χ0n) is 13.2. The Kier molecular flexibility index (Phi) is 3.83. The number of nitrogens with one attached hydrogen (secondary N) is 1. The molecule has 1 unspecified atom stereocenters. The lowest BCUT2D eigenvalue weighted by Gasteiger charge is -2.24. The van der Waals surface area contributed by atoms with Gasteiger partial charge in [-0.25, -0.2) is 9.38 Å². The molecule has 1 atom stereocenters. The Bertz CT molecular complexity index is 971. The lowest BCUT2D eigenvalue weighted by atomic mass is 9.89. The van der Waals surface area contributed by atoms with E-state index in [0.29, 0.717) is 12.1 Å². The van der Waals surface area contributed by atoms with Crippen molar-refractivity contribution in [1.82, 2.24) is 5.32 Å². The van der Waals surface area contributed by atoms with Crippen molar-refractivity contribution in [1.29, 1.82) is 5.26 Å². The van der Waals surface area contributed by atoms with E-state index in [2.05, 4.69) is 11.4 Å². The largest absolute Gasteiger partial charge is 0.367 e. The molecule has 4 rings (SSSR count). The molecule has 25 heavy (non-hydrogen) atoms. The van der Waals surface area contributed by atoms with Crippen LogP contribution in [0.1, 0.15) is 21.6 Å². The summed E-state index contributed by atoms with van der Waals surface area (Å²) in [6.07, 6.45) is 0. The molecule has 1 N–H and O–H groups in total. The third-order valence-electron chi connectivity index (χ3n) is 4.33. The van der Waals surface area contributed by atoms with Crippen molar-refractivity contribution in [3.05, 3.63) is 93.4 Å². The van der Waals surface area contributed by atoms with Gasteiger partial charge in [0.1, 0.15) is 17.2 Å². The van der Waals surface area contributed by atoms with E-state index in [-0.39, 0.29) is 5.82 Å². The fourth-order valence-corrected chi connectivity index (χ4v) is 3.97. The Morgan fingerprint density at radius 2 is 1.96 bits per heavy atom. The first-order chi connectivity index (χ1) is 12.2. The van der Waals surface area contributed by atoms with Crippen molar-refractivity contribution >= 4 is 17.2 Å². The van der Waals surface area contributed by atoms with Crippen LogP contribution >= 0.6 is 11.3 Å². The van der Waals surface area contributed by atoms with Crippen LogP contribution in [0.5, 0.6) is 0 Å². The minimum absolute atomic E-state index is 0.262. The summed E-state index contributed by atoms with van der Waals surface area (Å²) in [5, 5.41) is 14.5. The monoisotopic (exact) mass is 347 g/mol. The second-order valence-corrected chi connectivity index (χ2v) is 6.80. The van der Waals surface area contributed by atoms with Crippen LogP contribution in [0, 0.1) is 17.1 Å². The lowest BCUT2D eigenvalue weighted by Crippen LogP contribution is -2.31. The minimum Gasteiger partial charge on any atom is -0.367 e. The number of halogens is 1. The van der Waals surface area contributed by atoms with Crippen LogP contribution in [0.4, 0.5) is 4.39 Å². The van der Waals surface area contributed by atoms with Crippen LogP contribution in [0.2, 0.25) is 0 Å². The predicted octanol–water partition coefficient (Wildman–Crippen LogP) is 4.05. The van der Waals surface area contributed by atoms with Crippen LogP contribution in [0.3, 0.4) is 0 Å². The van der Waals surface area contributed by atoms with Gasteiger partial charge in [0, 0.05) is 10.4 Å². The number of hydrogen-bond acceptors (Lipinski definition) is 4. The Hall–Kier alpha value is -2.97. The molecule has 0 spiro atoms. The van der Waals surface area contributed by atoms with Crippen LogP contribution in [0.25, 0.3) is 0 Å². The van der Waals surface area contributed by atoms with Gasteiger partial charge in [0.2, 0.25) is 0 Å². The van der Waals surface area contributed by atoms with E-state index in [9.17, 15) is 4.39 Å². The summed E-state index contributed by atoms with van der Waals surface area (Å²) in [5.74, 6) is 0.483. The number of hydrogen-bond donors (Lipinski definition) is 1. The molecular formula is C20H14FN3S. The summed E-state index contributed by atoms with van der Waals surface area (Å²) >= 11 is 1.63. The van der Waals surface area contributed by atoms with Crippen molar-refractivity contribution in [2.75, 3.05) is 6.54 Å². The standard InChI is InChI=1S/C20H14FN3S/c21-17-8-6-16(7-9-17)20(18-5-2-10-25-18)13-23-19(24-20)15-4-1-3-14(11-15)12-22/h1-11H,13H2,(H,23,24). The summed E-state index contributed by atoms with van der Waals surface area (Å²) in [7, 11) is 0. The van der Waals surface area contributed by atoms with Crippen molar-refractivity contribution in [3.63, 3.8) is 0 Å². The van der Waals surface area contributed by atoms with E-state index in [1.54, 1.807) is 29.5 Å². The number of aliphatic imine (C=N–C) groups is 1. The van der Waals surface area contributed by atoms with Gasteiger partial charge in [0.15, 0.2) is 0 Å². The molecule has 0 aliphatic carbocycles. The van der Waals surface area contributed by atoms with Crippen molar-refractivity contribution in [2.24, 2.45) is 4.99 Å². The molecular weight excluding hydrogens is 333 g/mol. The van der Waals surface area contributed by atoms with Gasteiger partial charge in [-0.15, -0.1) is 11.3 Å². The zero-order valence-corrected chi connectivity index (χ0v) is 14.1. The predicted molar refractivity (Wildman–Crippen MR) is 97.2 cm³/mol. The molecule has 1 aliphatic heterocycles. The number of nitriles is 1. The quantitative estimate of drug-likeness (QED) is 0.777. The van der Waals surface area contributed by atoms with Gasteiger partial charge in [0.05, 0.1) is 18.2 Å². The average Bonchev–Trinajstić information content (AvgIpc) is 3.33. The maximum absolute atomic E-state index is 13.4. The first-order valence-electron chi connectivity index (χ1n) is 7.85. The molecule has 3 nitrogen and oxygen atoms in total. The van der Waals surface area contributed by atoms with Crippen molar-refractivity contribution in [3.8, 4) is 6.07 Å². The maximum atomic E-state index is 13.4. The molecule has 5 heteroatoms. The average molecular weight is 347 g/mol. The highest BCUT2D eigenvalue weighted by Gasteiger charge is 2.39. The topological polar surface area (TPSA) is 48.2 Å². The lowest BCUT2D eigenvalue weighted by molar-refractivity contribution is 0.575. The van der Waals surface area contributed by atoms with E-state index < -0.39 is 5.54 Å². The third kappa shape index (κ3) is 2.71. The number of benzene rings is 2. The van der Waals surface area contributed by atoms with Gasteiger partial charge in [0.25, 0.3) is 0 Å². The van der Waals surface area contributed by atoms with Crippen LogP contribution in [-0.2, 0) is 5.54 Å². The van der Waals surface area contributed by atoms with Crippen molar-refractivity contribution in [2.45, 2.75) is 5.54 Å². The third-order valence-corrected chi connectivity index (χ3v) is 5.35.